The van der Waals surface area contributed by atoms with E-state index in [9.17, 15) is 4.79 Å². The molecule has 0 atom stereocenters. The number of hydrogen-bond donors (Lipinski definition) is 1. The molecule has 8 heteroatoms. The molecule has 0 fully saturated rings. The van der Waals surface area contributed by atoms with Crippen LogP contribution in [-0.4, -0.2) is 54.6 Å². The molecule has 0 aliphatic heterocycles. The van der Waals surface area contributed by atoms with E-state index in [-0.39, 0.29) is 6.03 Å². The number of nitrogens with zero attached hydrogens (tertiary/aromatic N) is 2. The Morgan fingerprint density at radius 1 is 0.645 bits per heavy atom. The van der Waals surface area contributed by atoms with Crippen LogP contribution in [0.2, 0.25) is 6.04 Å². The highest BCUT2D eigenvalue weighted by Crippen LogP contribution is 2.26. The number of halogens is 3. The van der Waals surface area contributed by atoms with Gasteiger partial charge in [-0.1, -0.05) is 78.1 Å². The number of carbonyl (C=O) groups is 1. The molecule has 4 nitrogen and oxygen atoms in total. The van der Waals surface area contributed by atoms with Gasteiger partial charge in [-0.15, -0.1) is 33.2 Å². The van der Waals surface area contributed by atoms with E-state index in [2.05, 4.69) is 18.7 Å². The number of carbonyl (C=O) groups excluding carboxylic acids is 1. The fourth-order valence-electron chi connectivity index (χ4n) is 3.72. The molecular weight excluding hydrogens is 469 g/mol. The van der Waals surface area contributed by atoms with E-state index in [0.717, 1.165) is 38.8 Å². The van der Waals surface area contributed by atoms with Gasteiger partial charge in [0.25, 0.3) is 0 Å². The molecule has 0 saturated carbocycles. The van der Waals surface area contributed by atoms with Crippen molar-refractivity contribution in [2.45, 2.75) is 110 Å². The molecular formula is C23H48Cl3N3OSi. The summed E-state index contributed by atoms with van der Waals surface area (Å²) in [6.07, 6.45) is 16.3. The third kappa shape index (κ3) is 19.5. The molecule has 0 spiro atoms. The van der Waals surface area contributed by atoms with E-state index in [0.29, 0.717) is 25.7 Å². The molecule has 0 radical (unpaired) electrons. The Morgan fingerprint density at radius 2 is 1.03 bits per heavy atom. The van der Waals surface area contributed by atoms with E-state index in [1.54, 1.807) is 0 Å². The average molecular weight is 517 g/mol. The van der Waals surface area contributed by atoms with Crippen molar-refractivity contribution in [3.8, 4) is 0 Å². The normalized spacial score (nSPS) is 11.7. The molecule has 0 unspecified atom stereocenters. The number of hydrogen-bond acceptors (Lipinski definition) is 2. The maximum Gasteiger partial charge on any atom is 0.341 e. The highest BCUT2D eigenvalue weighted by atomic mass is 35.8. The van der Waals surface area contributed by atoms with Crippen LogP contribution in [0.4, 0.5) is 4.79 Å². The monoisotopic (exact) mass is 515 g/mol. The van der Waals surface area contributed by atoms with Crippen LogP contribution >= 0.6 is 33.2 Å². The molecule has 2 amide bonds. The molecule has 0 aromatic heterocycles. The van der Waals surface area contributed by atoms with Crippen molar-refractivity contribution in [1.82, 2.24) is 9.80 Å². The summed E-state index contributed by atoms with van der Waals surface area (Å²) in [6.45, 7) is 8.07. The summed E-state index contributed by atoms with van der Waals surface area (Å²) in [6, 6.07) is -1.93. The Bertz CT molecular complexity index is 409. The summed E-state index contributed by atoms with van der Waals surface area (Å²) in [4.78, 5) is 17.4. The van der Waals surface area contributed by atoms with Crippen molar-refractivity contribution >= 4 is 45.3 Å². The van der Waals surface area contributed by atoms with Crippen LogP contribution in [-0.2, 0) is 0 Å². The molecule has 31 heavy (non-hydrogen) atoms. The second-order valence-corrected chi connectivity index (χ2v) is 17.9. The summed E-state index contributed by atoms with van der Waals surface area (Å²) in [5.41, 5.74) is 5.72. The first kappa shape index (κ1) is 31.3. The highest BCUT2D eigenvalue weighted by Gasteiger charge is 2.26. The zero-order valence-electron chi connectivity index (χ0n) is 20.2. The minimum Gasteiger partial charge on any atom is -0.330 e. The lowest BCUT2D eigenvalue weighted by Gasteiger charge is -2.31. The van der Waals surface area contributed by atoms with Crippen LogP contribution < -0.4 is 5.73 Å². The van der Waals surface area contributed by atoms with Gasteiger partial charge in [-0.2, -0.15) is 0 Å². The van der Waals surface area contributed by atoms with E-state index < -0.39 is 6.00 Å². The van der Waals surface area contributed by atoms with Crippen LogP contribution in [0.5, 0.6) is 0 Å². The van der Waals surface area contributed by atoms with Crippen molar-refractivity contribution in [3.63, 3.8) is 0 Å². The lowest BCUT2D eigenvalue weighted by atomic mass is 10.1. The van der Waals surface area contributed by atoms with Crippen molar-refractivity contribution in [3.05, 3.63) is 0 Å². The Balaban J connectivity index is 4.75. The molecule has 0 rings (SSSR count). The lowest BCUT2D eigenvalue weighted by Crippen LogP contribution is -2.45. The molecule has 0 aromatic rings. The van der Waals surface area contributed by atoms with Crippen LogP contribution in [0.1, 0.15) is 104 Å². The Kier molecular flexibility index (Phi) is 21.1. The first-order valence-corrected chi connectivity index (χ1v) is 17.9. The Labute approximate surface area is 207 Å². The standard InChI is InChI=1S/C23H48Cl3N3OSi/c1-3-5-7-9-11-13-18-28(19-14-12-10-8-6-4-2)23(30)29(20-15-17-27)21-16-22-31(24,25)26/h3-22,27H2,1-2H3. The number of unbranched alkanes of at least 4 members (excludes halogenated alkanes) is 10. The van der Waals surface area contributed by atoms with Gasteiger partial charge in [0.05, 0.1) is 0 Å². The van der Waals surface area contributed by atoms with E-state index in [1.807, 2.05) is 4.90 Å². The number of nitrogens with two attached hydrogens (primary N) is 1. The third-order valence-electron chi connectivity index (χ3n) is 5.62. The van der Waals surface area contributed by atoms with Crippen LogP contribution in [0.3, 0.4) is 0 Å². The van der Waals surface area contributed by atoms with Gasteiger partial charge in [0, 0.05) is 26.2 Å². The maximum atomic E-state index is 13.4. The predicted molar refractivity (Wildman–Crippen MR) is 142 cm³/mol. The molecule has 2 N–H and O–H groups in total. The average Bonchev–Trinajstić information content (AvgIpc) is 2.72. The fraction of sp³-hybridized carbons (Fsp3) is 0.957. The molecule has 0 aliphatic rings. The SMILES string of the molecule is CCCCCCCCN(CCCCCCCC)C(=O)N(CCCN)CCC[Si](Cl)(Cl)Cl. The van der Waals surface area contributed by atoms with Gasteiger partial charge in [0.15, 0.2) is 0 Å². The van der Waals surface area contributed by atoms with Crippen molar-refractivity contribution < 1.29 is 4.79 Å². The molecule has 186 valence electrons. The van der Waals surface area contributed by atoms with Gasteiger partial charge in [0.2, 0.25) is 0 Å². The summed E-state index contributed by atoms with van der Waals surface area (Å²) >= 11 is 18.1. The van der Waals surface area contributed by atoms with E-state index in [1.165, 1.54) is 64.2 Å². The molecule has 0 heterocycles. The van der Waals surface area contributed by atoms with Crippen LogP contribution in [0, 0.1) is 0 Å². The first-order chi connectivity index (χ1) is 14.9. The summed E-state index contributed by atoms with van der Waals surface area (Å²) in [7, 11) is 0. The fourth-order valence-corrected chi connectivity index (χ4v) is 5.49. The largest absolute Gasteiger partial charge is 0.341 e. The van der Waals surface area contributed by atoms with Crippen molar-refractivity contribution in [2.75, 3.05) is 32.7 Å². The number of rotatable bonds is 21. The van der Waals surface area contributed by atoms with Gasteiger partial charge in [-0.3, -0.25) is 0 Å². The second kappa shape index (κ2) is 20.9. The summed E-state index contributed by atoms with van der Waals surface area (Å²) < 4.78 is 0. The molecule has 0 bridgehead atoms. The summed E-state index contributed by atoms with van der Waals surface area (Å²) in [5, 5.41) is 0. The number of urea groups is 1. The van der Waals surface area contributed by atoms with Crippen molar-refractivity contribution in [2.24, 2.45) is 5.73 Å². The zero-order chi connectivity index (χ0) is 23.4. The maximum absolute atomic E-state index is 13.4. The zero-order valence-corrected chi connectivity index (χ0v) is 23.4. The Morgan fingerprint density at radius 3 is 1.45 bits per heavy atom. The molecule has 0 aromatic carbocycles. The minimum atomic E-state index is -2.65. The predicted octanol–water partition coefficient (Wildman–Crippen LogP) is 7.83. The van der Waals surface area contributed by atoms with Gasteiger partial charge in [-0.05, 0) is 38.3 Å². The van der Waals surface area contributed by atoms with Crippen LogP contribution in [0.15, 0.2) is 0 Å². The van der Waals surface area contributed by atoms with Gasteiger partial charge >= 0.3 is 12.0 Å². The smallest absolute Gasteiger partial charge is 0.330 e. The number of amides is 2. The molecule has 0 aliphatic carbocycles. The quantitative estimate of drug-likeness (QED) is 0.0959. The van der Waals surface area contributed by atoms with E-state index >= 15 is 0 Å². The topological polar surface area (TPSA) is 49.6 Å². The first-order valence-electron chi connectivity index (χ1n) is 12.7. The second-order valence-electron chi connectivity index (χ2n) is 8.65. The highest BCUT2D eigenvalue weighted by molar-refractivity contribution is 7.64. The minimum absolute atomic E-state index is 0.140. The lowest BCUT2D eigenvalue weighted by molar-refractivity contribution is 0.150. The van der Waals surface area contributed by atoms with Gasteiger partial charge in [-0.25, -0.2) is 4.79 Å². The third-order valence-corrected chi connectivity index (χ3v) is 8.25. The van der Waals surface area contributed by atoms with Crippen molar-refractivity contribution in [1.29, 1.82) is 0 Å². The van der Waals surface area contributed by atoms with E-state index in [4.69, 9.17) is 39.0 Å². The molecule has 0 saturated heterocycles. The van der Waals surface area contributed by atoms with Gasteiger partial charge < -0.3 is 15.5 Å². The van der Waals surface area contributed by atoms with Gasteiger partial charge in [0.1, 0.15) is 0 Å². The summed E-state index contributed by atoms with van der Waals surface area (Å²) in [5.74, 6) is 0. The Hall–Kier alpha value is 0.317. The van der Waals surface area contributed by atoms with Crippen LogP contribution in [0.25, 0.3) is 0 Å².